The third-order valence-electron chi connectivity index (χ3n) is 8.43. The van der Waals surface area contributed by atoms with Crippen LogP contribution in [0.1, 0.15) is 70.4 Å². The second-order valence-electron chi connectivity index (χ2n) is 11.8. The van der Waals surface area contributed by atoms with Gasteiger partial charge in [0.2, 0.25) is 0 Å². The number of carbonyl (C=O) groups excluding carboxylic acids is 4. The number of piperidine rings is 2. The van der Waals surface area contributed by atoms with Crippen molar-refractivity contribution in [3.8, 4) is 0 Å². The Morgan fingerprint density at radius 1 is 0.600 bits per heavy atom. The number of fused-ring (bicyclic) bond motifs is 2. The summed E-state index contributed by atoms with van der Waals surface area (Å²) in [5.74, 6) is -0.703. The minimum Gasteiger partial charge on any atom is -1.00 e. The summed E-state index contributed by atoms with van der Waals surface area (Å²) in [6.07, 6.45) is 6.94. The van der Waals surface area contributed by atoms with E-state index in [-0.39, 0.29) is 82.5 Å². The summed E-state index contributed by atoms with van der Waals surface area (Å²) in [6, 6.07) is 9.78. The van der Waals surface area contributed by atoms with Crippen LogP contribution in [0.2, 0.25) is 0 Å². The first-order valence-corrected chi connectivity index (χ1v) is 13.8. The van der Waals surface area contributed by atoms with Gasteiger partial charge in [0.25, 0.3) is 11.8 Å². The van der Waals surface area contributed by atoms with Crippen molar-refractivity contribution >= 4 is 34.8 Å². The number of hydrogen-bond donors (Lipinski definition) is 2. The molecule has 2 saturated heterocycles. The van der Waals surface area contributed by atoms with Gasteiger partial charge in [0.05, 0.1) is 40.3 Å². The van der Waals surface area contributed by atoms with E-state index in [1.165, 1.54) is 12.8 Å². The number of anilines is 2. The molecule has 0 spiro atoms. The van der Waals surface area contributed by atoms with Crippen molar-refractivity contribution in [2.75, 3.05) is 64.0 Å². The number of nitrogens with one attached hydrogen (secondary N) is 2. The van der Waals surface area contributed by atoms with E-state index in [1.54, 1.807) is 36.4 Å². The molecule has 0 radical (unpaired) electrons. The van der Waals surface area contributed by atoms with Crippen LogP contribution in [-0.4, -0.2) is 85.7 Å². The van der Waals surface area contributed by atoms with Gasteiger partial charge in [0, 0.05) is 33.6 Å². The number of hydrogen-bond acceptors (Lipinski definition) is 4. The normalized spacial score (nSPS) is 18.8. The topological polar surface area (TPSA) is 92.3 Å². The van der Waals surface area contributed by atoms with Crippen molar-refractivity contribution in [3.63, 3.8) is 0 Å². The molecule has 0 atom stereocenters. The minimum atomic E-state index is -0.259. The number of likely N-dealkylation sites (N-methyl/N-ethyl adjacent to an activating group) is 2. The highest BCUT2D eigenvalue weighted by molar-refractivity contribution is 6.29. The minimum absolute atomic E-state index is 0. The zero-order valence-corrected chi connectivity index (χ0v) is 27.5. The zero-order valence-electron chi connectivity index (χ0n) is 23.2. The van der Waals surface area contributed by atoms with E-state index in [0.29, 0.717) is 35.6 Å². The van der Waals surface area contributed by atoms with Crippen molar-refractivity contribution in [1.29, 1.82) is 0 Å². The molecular formula is C30H38I2N4O4. The predicted octanol–water partition coefficient (Wildman–Crippen LogP) is -2.39. The first kappa shape index (κ1) is 32.6. The van der Waals surface area contributed by atoms with E-state index in [2.05, 4.69) is 24.7 Å². The van der Waals surface area contributed by atoms with Crippen LogP contribution in [0.15, 0.2) is 36.4 Å². The Kier molecular flexibility index (Phi) is 10.9. The molecule has 0 unspecified atom stereocenters. The van der Waals surface area contributed by atoms with Crippen molar-refractivity contribution in [3.05, 3.63) is 58.7 Å². The van der Waals surface area contributed by atoms with Gasteiger partial charge in [-0.05, 0) is 74.9 Å². The molecule has 3 aliphatic rings. The maximum atomic E-state index is 13.3. The fourth-order valence-electron chi connectivity index (χ4n) is 6.27. The highest BCUT2D eigenvalue weighted by Gasteiger charge is 2.32. The zero-order chi connectivity index (χ0) is 26.9. The highest BCUT2D eigenvalue weighted by atomic mass is 127. The van der Waals surface area contributed by atoms with Crippen molar-refractivity contribution in [2.24, 2.45) is 0 Å². The number of quaternary nitrogens is 2. The Balaban J connectivity index is 0.00000220. The average Bonchev–Trinajstić information content (AvgIpc) is 2.87. The van der Waals surface area contributed by atoms with Crippen LogP contribution in [0, 0.1) is 0 Å². The van der Waals surface area contributed by atoms with E-state index < -0.39 is 0 Å². The van der Waals surface area contributed by atoms with Crippen LogP contribution in [-0.2, 0) is 9.59 Å². The molecule has 216 valence electrons. The molecule has 2 fully saturated rings. The molecule has 2 N–H and O–H groups in total. The molecule has 2 heterocycles. The summed E-state index contributed by atoms with van der Waals surface area (Å²) in [4.78, 5) is 52.2. The van der Waals surface area contributed by atoms with Crippen molar-refractivity contribution < 1.29 is 76.1 Å². The molecular weight excluding hydrogens is 734 g/mol. The average molecular weight is 772 g/mol. The van der Waals surface area contributed by atoms with Gasteiger partial charge in [-0.3, -0.25) is 19.2 Å². The standard InChI is InChI=1S/C30H36N4O4.2HI/c1-33(13-5-3-6-14-33)19-27(35)31-21-9-11-23-25(17-21)29(37)24-12-10-22(18-26(24)30(23)38)32-28(36)20-34(2)15-7-4-8-16-34;;/h9-12,17-18H,3-8,13-16,19-20H2,1-2H3;2*1H. The van der Waals surface area contributed by atoms with Crippen LogP contribution in [0.25, 0.3) is 0 Å². The fraction of sp³-hybridized carbons (Fsp3) is 0.467. The second-order valence-corrected chi connectivity index (χ2v) is 11.8. The van der Waals surface area contributed by atoms with Gasteiger partial charge in [-0.15, -0.1) is 0 Å². The van der Waals surface area contributed by atoms with E-state index in [9.17, 15) is 19.2 Å². The van der Waals surface area contributed by atoms with E-state index in [0.717, 1.165) is 60.8 Å². The Hall–Kier alpha value is -1.90. The molecule has 40 heavy (non-hydrogen) atoms. The number of nitrogens with zero attached hydrogens (tertiary/aromatic N) is 2. The molecule has 2 aromatic rings. The molecule has 10 heteroatoms. The van der Waals surface area contributed by atoms with Gasteiger partial charge >= 0.3 is 0 Å². The van der Waals surface area contributed by atoms with Crippen LogP contribution < -0.4 is 58.6 Å². The van der Waals surface area contributed by atoms with Crippen LogP contribution in [0.3, 0.4) is 0 Å². The summed E-state index contributed by atoms with van der Waals surface area (Å²) >= 11 is 0. The summed E-state index contributed by atoms with van der Waals surface area (Å²) in [5.41, 5.74) is 2.23. The summed E-state index contributed by atoms with van der Waals surface area (Å²) in [7, 11) is 4.22. The fourth-order valence-corrected chi connectivity index (χ4v) is 6.27. The third kappa shape index (κ3) is 7.29. The molecule has 5 rings (SSSR count). The summed E-state index contributed by atoms with van der Waals surface area (Å²) in [5, 5.41) is 5.85. The first-order chi connectivity index (χ1) is 18.1. The lowest BCUT2D eigenvalue weighted by atomic mass is 9.83. The van der Waals surface area contributed by atoms with Gasteiger partial charge in [-0.25, -0.2) is 0 Å². The molecule has 1 aliphatic carbocycles. The quantitative estimate of drug-likeness (QED) is 0.217. The van der Waals surface area contributed by atoms with Gasteiger partial charge in [0.15, 0.2) is 24.7 Å². The Morgan fingerprint density at radius 2 is 0.950 bits per heavy atom. The molecule has 8 nitrogen and oxygen atoms in total. The maximum Gasteiger partial charge on any atom is 0.279 e. The smallest absolute Gasteiger partial charge is 0.279 e. The lowest BCUT2D eigenvalue weighted by Gasteiger charge is -2.37. The van der Waals surface area contributed by atoms with Gasteiger partial charge in [-0.2, -0.15) is 0 Å². The van der Waals surface area contributed by atoms with Crippen LogP contribution in [0.5, 0.6) is 0 Å². The number of ketones is 2. The number of carbonyl (C=O) groups is 4. The Labute approximate surface area is 270 Å². The number of likely N-dealkylation sites (tertiary alicyclic amines) is 2. The maximum absolute atomic E-state index is 13.3. The number of rotatable bonds is 6. The summed E-state index contributed by atoms with van der Waals surface area (Å²) < 4.78 is 1.44. The van der Waals surface area contributed by atoms with Crippen LogP contribution >= 0.6 is 0 Å². The molecule has 0 saturated carbocycles. The van der Waals surface area contributed by atoms with Crippen LogP contribution in [0.4, 0.5) is 11.4 Å². The van der Waals surface area contributed by atoms with E-state index >= 15 is 0 Å². The highest BCUT2D eigenvalue weighted by Crippen LogP contribution is 2.31. The monoisotopic (exact) mass is 772 g/mol. The Bertz CT molecular complexity index is 1200. The SMILES string of the molecule is C[N+]1(CC(=O)Nc2ccc3c(c2)C(=O)c2ccc(NC(=O)C[N+]4(C)CCCCC4)cc2C3=O)CCCCC1.[I-].[I-]. The molecule has 0 aromatic heterocycles. The molecule has 2 aliphatic heterocycles. The first-order valence-electron chi connectivity index (χ1n) is 13.8. The molecule has 2 amide bonds. The predicted molar refractivity (Wildman–Crippen MR) is 146 cm³/mol. The second kappa shape index (κ2) is 13.4. The van der Waals surface area contributed by atoms with Gasteiger partial charge in [-0.1, -0.05) is 0 Å². The lowest BCUT2D eigenvalue weighted by Crippen LogP contribution is -3.00. The molecule has 2 aromatic carbocycles. The third-order valence-corrected chi connectivity index (χ3v) is 8.43. The van der Waals surface area contributed by atoms with Gasteiger partial charge < -0.3 is 67.6 Å². The van der Waals surface area contributed by atoms with E-state index in [1.807, 2.05) is 0 Å². The van der Waals surface area contributed by atoms with Gasteiger partial charge in [0.1, 0.15) is 0 Å². The largest absolute Gasteiger partial charge is 1.00 e. The lowest BCUT2D eigenvalue weighted by molar-refractivity contribution is -0.906. The Morgan fingerprint density at radius 3 is 1.30 bits per heavy atom. The number of benzene rings is 2. The van der Waals surface area contributed by atoms with E-state index in [4.69, 9.17) is 0 Å². The summed E-state index contributed by atoms with van der Waals surface area (Å²) in [6.45, 7) is 4.73. The molecule has 0 bridgehead atoms. The van der Waals surface area contributed by atoms with Crippen molar-refractivity contribution in [2.45, 2.75) is 38.5 Å². The van der Waals surface area contributed by atoms with Crippen molar-refractivity contribution in [1.82, 2.24) is 0 Å². The number of amides is 2. The number of halogens is 2.